The van der Waals surface area contributed by atoms with E-state index in [1.807, 2.05) is 13.0 Å². The van der Waals surface area contributed by atoms with E-state index in [0.717, 1.165) is 5.56 Å². The van der Waals surface area contributed by atoms with Crippen LogP contribution in [0.15, 0.2) is 24.5 Å². The number of fused-ring (bicyclic) bond motifs is 1. The van der Waals surface area contributed by atoms with E-state index in [4.69, 9.17) is 0 Å². The van der Waals surface area contributed by atoms with Crippen molar-refractivity contribution in [3.8, 4) is 6.07 Å². The molecule has 2 aliphatic heterocycles. The van der Waals surface area contributed by atoms with Crippen LogP contribution in [-0.2, 0) is 9.59 Å². The van der Waals surface area contributed by atoms with Crippen molar-refractivity contribution in [2.45, 2.75) is 38.4 Å². The Hall–Kier alpha value is -2.42. The van der Waals surface area contributed by atoms with Gasteiger partial charge in [0.25, 0.3) is 0 Å². The van der Waals surface area contributed by atoms with Gasteiger partial charge in [0.1, 0.15) is 12.1 Å². The molecule has 2 fully saturated rings. The molecule has 22 heavy (non-hydrogen) atoms. The van der Waals surface area contributed by atoms with Crippen LogP contribution in [0.4, 0.5) is 0 Å². The highest BCUT2D eigenvalue weighted by Crippen LogP contribution is 2.51. The second kappa shape index (κ2) is 4.80. The lowest BCUT2D eigenvalue weighted by atomic mass is 9.80. The van der Waals surface area contributed by atoms with Crippen LogP contribution in [0.25, 0.3) is 0 Å². The summed E-state index contributed by atoms with van der Waals surface area (Å²) >= 11 is 0. The molecular weight excluding hydrogens is 280 g/mol. The molecular formula is C16H18N4O2. The zero-order valence-electron chi connectivity index (χ0n) is 12.9. The van der Waals surface area contributed by atoms with Gasteiger partial charge in [-0.15, -0.1) is 0 Å². The first-order chi connectivity index (χ1) is 10.4. The number of hydrogen-bond donors (Lipinski definition) is 0. The second-order valence-corrected chi connectivity index (χ2v) is 6.31. The number of aromatic nitrogens is 1. The van der Waals surface area contributed by atoms with Crippen molar-refractivity contribution in [1.29, 1.82) is 5.26 Å². The number of nitriles is 1. The lowest BCUT2D eigenvalue weighted by molar-refractivity contribution is -0.159. The van der Waals surface area contributed by atoms with E-state index in [0.29, 0.717) is 6.42 Å². The normalized spacial score (nSPS) is 34.5. The standard InChI is InChI=1S/C16H18N4O2/c1-10-14(21)20-12(15(22)19(10)3)7-16(2,9-17)13(20)11-5-4-6-18-8-11/h4-6,8,10,12-13H,7H2,1-3H3/t10?,12?,13?,16-/m0/s1. The van der Waals surface area contributed by atoms with Crippen molar-refractivity contribution < 1.29 is 9.59 Å². The third-order valence-corrected chi connectivity index (χ3v) is 4.92. The molecule has 0 aliphatic carbocycles. The van der Waals surface area contributed by atoms with Crippen LogP contribution in [0, 0.1) is 16.7 Å². The van der Waals surface area contributed by atoms with E-state index in [9.17, 15) is 14.9 Å². The van der Waals surface area contributed by atoms with E-state index in [-0.39, 0.29) is 11.8 Å². The Morgan fingerprint density at radius 1 is 1.41 bits per heavy atom. The maximum atomic E-state index is 12.8. The average molecular weight is 298 g/mol. The highest BCUT2D eigenvalue weighted by Gasteiger charge is 2.58. The molecule has 0 N–H and O–H groups in total. The summed E-state index contributed by atoms with van der Waals surface area (Å²) in [6.45, 7) is 3.53. The highest BCUT2D eigenvalue weighted by atomic mass is 16.2. The number of rotatable bonds is 1. The third-order valence-electron chi connectivity index (χ3n) is 4.92. The Labute approximate surface area is 129 Å². The number of pyridine rings is 1. The summed E-state index contributed by atoms with van der Waals surface area (Å²) in [6, 6.07) is 4.45. The third kappa shape index (κ3) is 1.82. The molecule has 2 saturated heterocycles. The maximum Gasteiger partial charge on any atom is 0.246 e. The van der Waals surface area contributed by atoms with Gasteiger partial charge >= 0.3 is 0 Å². The molecule has 3 unspecified atom stereocenters. The number of amides is 2. The van der Waals surface area contributed by atoms with Gasteiger partial charge in [0.2, 0.25) is 11.8 Å². The van der Waals surface area contributed by atoms with Gasteiger partial charge in [0.15, 0.2) is 0 Å². The molecule has 2 aliphatic rings. The first kappa shape index (κ1) is 14.5. The zero-order chi connectivity index (χ0) is 16.1. The minimum atomic E-state index is -0.802. The van der Waals surface area contributed by atoms with Crippen molar-refractivity contribution in [2.24, 2.45) is 5.41 Å². The topological polar surface area (TPSA) is 77.3 Å². The van der Waals surface area contributed by atoms with Crippen molar-refractivity contribution in [3.63, 3.8) is 0 Å². The summed E-state index contributed by atoms with van der Waals surface area (Å²) in [5.41, 5.74) is -0.00356. The molecule has 3 rings (SSSR count). The monoisotopic (exact) mass is 298 g/mol. The largest absolute Gasteiger partial charge is 0.332 e. The van der Waals surface area contributed by atoms with Gasteiger partial charge in [0, 0.05) is 19.4 Å². The number of carbonyl (C=O) groups is 2. The predicted molar refractivity (Wildman–Crippen MR) is 78.2 cm³/mol. The van der Waals surface area contributed by atoms with Gasteiger partial charge < -0.3 is 9.80 Å². The lowest BCUT2D eigenvalue weighted by Gasteiger charge is -2.41. The Bertz CT molecular complexity index is 668. The second-order valence-electron chi connectivity index (χ2n) is 6.31. The fraction of sp³-hybridized carbons (Fsp3) is 0.500. The van der Waals surface area contributed by atoms with Crippen LogP contribution in [0.5, 0.6) is 0 Å². The first-order valence-electron chi connectivity index (χ1n) is 7.31. The van der Waals surface area contributed by atoms with E-state index >= 15 is 0 Å². The zero-order valence-corrected chi connectivity index (χ0v) is 12.9. The molecule has 0 saturated carbocycles. The molecule has 3 heterocycles. The quantitative estimate of drug-likeness (QED) is 0.778. The molecule has 1 aromatic heterocycles. The number of nitrogens with zero attached hydrogens (tertiary/aromatic N) is 4. The first-order valence-corrected chi connectivity index (χ1v) is 7.31. The number of hydrogen-bond acceptors (Lipinski definition) is 4. The molecule has 0 radical (unpaired) electrons. The van der Waals surface area contributed by atoms with Crippen molar-refractivity contribution >= 4 is 11.8 Å². The van der Waals surface area contributed by atoms with Gasteiger partial charge in [-0.2, -0.15) is 5.26 Å². The van der Waals surface area contributed by atoms with Crippen LogP contribution >= 0.6 is 0 Å². The van der Waals surface area contributed by atoms with Crippen molar-refractivity contribution in [1.82, 2.24) is 14.8 Å². The van der Waals surface area contributed by atoms with Gasteiger partial charge in [-0.25, -0.2) is 0 Å². The number of likely N-dealkylation sites (N-methyl/N-ethyl adjacent to an activating group) is 1. The predicted octanol–water partition coefficient (Wildman–Crippen LogP) is 1.11. The molecule has 1 aromatic rings. The summed E-state index contributed by atoms with van der Waals surface area (Å²) in [5.74, 6) is -0.208. The summed E-state index contributed by atoms with van der Waals surface area (Å²) in [7, 11) is 1.64. The van der Waals surface area contributed by atoms with Crippen LogP contribution < -0.4 is 0 Å². The Kier molecular flexibility index (Phi) is 3.17. The summed E-state index contributed by atoms with van der Waals surface area (Å²) in [6.07, 6.45) is 3.67. The van der Waals surface area contributed by atoms with Crippen LogP contribution in [-0.4, -0.2) is 45.7 Å². The van der Waals surface area contributed by atoms with Crippen molar-refractivity contribution in [2.75, 3.05) is 7.05 Å². The van der Waals surface area contributed by atoms with Gasteiger partial charge in [-0.05, 0) is 31.9 Å². The molecule has 2 amide bonds. The smallest absolute Gasteiger partial charge is 0.246 e. The van der Waals surface area contributed by atoms with Crippen LogP contribution in [0.1, 0.15) is 31.9 Å². The lowest BCUT2D eigenvalue weighted by Crippen LogP contribution is -2.60. The SMILES string of the molecule is CC1C(=O)N2C(C[C@@](C)(C#N)C2c2cccnc2)C(=O)N1C. The number of piperazine rings is 1. The summed E-state index contributed by atoms with van der Waals surface area (Å²) in [4.78, 5) is 32.5. The number of carbonyl (C=O) groups excluding carboxylic acids is 2. The fourth-order valence-electron chi connectivity index (χ4n) is 3.57. The van der Waals surface area contributed by atoms with Gasteiger partial charge in [-0.3, -0.25) is 14.6 Å². The van der Waals surface area contributed by atoms with E-state index in [2.05, 4.69) is 11.1 Å². The molecule has 0 aromatic carbocycles. The minimum absolute atomic E-state index is 0.0973. The Morgan fingerprint density at radius 2 is 2.14 bits per heavy atom. The molecule has 6 nitrogen and oxygen atoms in total. The van der Waals surface area contributed by atoms with Crippen LogP contribution in [0.2, 0.25) is 0 Å². The fourth-order valence-corrected chi connectivity index (χ4v) is 3.57. The summed E-state index contributed by atoms with van der Waals surface area (Å²) in [5, 5.41) is 9.68. The molecule has 0 spiro atoms. The van der Waals surface area contributed by atoms with Crippen molar-refractivity contribution in [3.05, 3.63) is 30.1 Å². The molecule has 114 valence electrons. The molecule has 4 atom stereocenters. The van der Waals surface area contributed by atoms with E-state index in [1.165, 1.54) is 4.90 Å². The Morgan fingerprint density at radius 3 is 2.73 bits per heavy atom. The van der Waals surface area contributed by atoms with Gasteiger partial charge in [-0.1, -0.05) is 6.07 Å². The molecule has 6 heteroatoms. The van der Waals surface area contributed by atoms with E-state index in [1.54, 1.807) is 37.3 Å². The molecule has 0 bridgehead atoms. The highest BCUT2D eigenvalue weighted by molar-refractivity contribution is 5.97. The summed E-state index contributed by atoms with van der Waals surface area (Å²) < 4.78 is 0. The van der Waals surface area contributed by atoms with Crippen LogP contribution in [0.3, 0.4) is 0 Å². The maximum absolute atomic E-state index is 12.8. The minimum Gasteiger partial charge on any atom is -0.332 e. The average Bonchev–Trinajstić information content (AvgIpc) is 2.86. The van der Waals surface area contributed by atoms with E-state index < -0.39 is 23.5 Å². The van der Waals surface area contributed by atoms with Gasteiger partial charge in [0.05, 0.1) is 17.5 Å². The Balaban J connectivity index is 2.13.